The van der Waals surface area contributed by atoms with Crippen LogP contribution >= 0.6 is 0 Å². The minimum atomic E-state index is -0.907. The summed E-state index contributed by atoms with van der Waals surface area (Å²) in [5, 5.41) is 11.2. The van der Waals surface area contributed by atoms with Gasteiger partial charge in [-0.3, -0.25) is 9.59 Å². The van der Waals surface area contributed by atoms with Crippen LogP contribution in [0.25, 0.3) is 0 Å². The molecule has 2 N–H and O–H groups in total. The number of rotatable bonds is 9. The van der Waals surface area contributed by atoms with Gasteiger partial charge in [-0.05, 0) is 31.9 Å². The number of benzene rings is 1. The number of carboxylic acids is 1. The molecular formula is C15H19F2NO4. The summed E-state index contributed by atoms with van der Waals surface area (Å²) in [5.41, 5.74) is 0. The molecule has 0 aromatic heterocycles. The maximum atomic E-state index is 13.3. The second kappa shape index (κ2) is 8.96. The SMILES string of the molecule is CC(CCC(=O)O)NC(=O)CCCOc1ccc(F)cc1F. The molecule has 0 aliphatic heterocycles. The first-order valence-electron chi connectivity index (χ1n) is 6.97. The van der Waals surface area contributed by atoms with E-state index in [9.17, 15) is 18.4 Å². The molecule has 0 saturated carbocycles. The Morgan fingerprint density at radius 2 is 2.05 bits per heavy atom. The summed E-state index contributed by atoms with van der Waals surface area (Å²) in [7, 11) is 0. The van der Waals surface area contributed by atoms with E-state index in [1.165, 1.54) is 6.07 Å². The second-order valence-electron chi connectivity index (χ2n) is 4.93. The highest BCUT2D eigenvalue weighted by molar-refractivity contribution is 5.76. The highest BCUT2D eigenvalue weighted by Gasteiger charge is 2.09. The van der Waals surface area contributed by atoms with E-state index in [-0.39, 0.29) is 37.1 Å². The fourth-order valence-corrected chi connectivity index (χ4v) is 1.77. The van der Waals surface area contributed by atoms with Crippen molar-refractivity contribution in [2.45, 2.75) is 38.6 Å². The molecule has 1 rings (SSSR count). The van der Waals surface area contributed by atoms with Crippen molar-refractivity contribution in [3.63, 3.8) is 0 Å². The van der Waals surface area contributed by atoms with Gasteiger partial charge in [-0.1, -0.05) is 0 Å². The Morgan fingerprint density at radius 3 is 2.68 bits per heavy atom. The van der Waals surface area contributed by atoms with Gasteiger partial charge in [-0.25, -0.2) is 8.78 Å². The molecule has 1 aromatic rings. The summed E-state index contributed by atoms with van der Waals surface area (Å²) >= 11 is 0. The Balaban J connectivity index is 2.21. The predicted molar refractivity (Wildman–Crippen MR) is 75.6 cm³/mol. The molecule has 122 valence electrons. The highest BCUT2D eigenvalue weighted by Crippen LogP contribution is 2.17. The van der Waals surface area contributed by atoms with Crippen molar-refractivity contribution in [2.75, 3.05) is 6.61 Å². The van der Waals surface area contributed by atoms with Crippen molar-refractivity contribution in [1.29, 1.82) is 0 Å². The molecule has 7 heteroatoms. The number of hydrogen-bond acceptors (Lipinski definition) is 3. The van der Waals surface area contributed by atoms with Crippen LogP contribution in [0.15, 0.2) is 18.2 Å². The number of hydrogen-bond donors (Lipinski definition) is 2. The number of carbonyl (C=O) groups is 2. The molecule has 0 radical (unpaired) electrons. The van der Waals surface area contributed by atoms with Gasteiger partial charge in [0.05, 0.1) is 6.61 Å². The van der Waals surface area contributed by atoms with E-state index >= 15 is 0 Å². The van der Waals surface area contributed by atoms with Gasteiger partial charge in [-0.2, -0.15) is 0 Å². The van der Waals surface area contributed by atoms with Crippen LogP contribution in [0.1, 0.15) is 32.6 Å². The lowest BCUT2D eigenvalue weighted by molar-refractivity contribution is -0.137. The molecule has 0 saturated heterocycles. The maximum absolute atomic E-state index is 13.3. The third-order valence-electron chi connectivity index (χ3n) is 2.90. The number of halogens is 2. The van der Waals surface area contributed by atoms with Crippen LogP contribution in [0.2, 0.25) is 0 Å². The normalized spacial score (nSPS) is 11.8. The van der Waals surface area contributed by atoms with Crippen molar-refractivity contribution < 1.29 is 28.2 Å². The molecular weight excluding hydrogens is 296 g/mol. The first-order valence-corrected chi connectivity index (χ1v) is 6.97. The smallest absolute Gasteiger partial charge is 0.303 e. The summed E-state index contributed by atoms with van der Waals surface area (Å²) in [5.74, 6) is -2.65. The zero-order valence-electron chi connectivity index (χ0n) is 12.3. The molecule has 0 fully saturated rings. The number of ether oxygens (including phenoxy) is 1. The van der Waals surface area contributed by atoms with E-state index in [1.807, 2.05) is 0 Å². The van der Waals surface area contributed by atoms with Crippen molar-refractivity contribution in [3.05, 3.63) is 29.8 Å². The van der Waals surface area contributed by atoms with E-state index in [0.717, 1.165) is 12.1 Å². The average Bonchev–Trinajstić information content (AvgIpc) is 2.43. The lowest BCUT2D eigenvalue weighted by atomic mass is 10.2. The molecule has 1 aromatic carbocycles. The third kappa shape index (κ3) is 7.01. The number of carboxylic acid groups (broad SMARTS) is 1. The van der Waals surface area contributed by atoms with Crippen LogP contribution in [0.4, 0.5) is 8.78 Å². The number of carbonyl (C=O) groups excluding carboxylic acids is 1. The molecule has 0 aliphatic carbocycles. The molecule has 22 heavy (non-hydrogen) atoms. The Kier molecular flexibility index (Phi) is 7.28. The molecule has 0 aliphatic rings. The van der Waals surface area contributed by atoms with Gasteiger partial charge in [0, 0.05) is 24.9 Å². The Hall–Kier alpha value is -2.18. The largest absolute Gasteiger partial charge is 0.491 e. The van der Waals surface area contributed by atoms with Crippen LogP contribution in [0, 0.1) is 11.6 Å². The molecule has 0 bridgehead atoms. The molecule has 0 spiro atoms. The Morgan fingerprint density at radius 1 is 1.32 bits per heavy atom. The quantitative estimate of drug-likeness (QED) is 0.687. The Bertz CT molecular complexity index is 522. The Labute approximate surface area is 127 Å². The topological polar surface area (TPSA) is 75.6 Å². The first kappa shape index (κ1) is 17.9. The highest BCUT2D eigenvalue weighted by atomic mass is 19.1. The lowest BCUT2D eigenvalue weighted by Crippen LogP contribution is -2.32. The van der Waals surface area contributed by atoms with Gasteiger partial charge in [0.15, 0.2) is 11.6 Å². The number of nitrogens with one attached hydrogen (secondary N) is 1. The van der Waals surface area contributed by atoms with Gasteiger partial charge in [0.2, 0.25) is 5.91 Å². The van der Waals surface area contributed by atoms with Crippen molar-refractivity contribution in [2.24, 2.45) is 0 Å². The summed E-state index contributed by atoms with van der Waals surface area (Å²) < 4.78 is 31.1. The minimum Gasteiger partial charge on any atom is -0.491 e. The summed E-state index contributed by atoms with van der Waals surface area (Å²) in [4.78, 5) is 22.0. The summed E-state index contributed by atoms with van der Waals surface area (Å²) in [6.45, 7) is 1.85. The van der Waals surface area contributed by atoms with E-state index in [4.69, 9.17) is 9.84 Å². The summed E-state index contributed by atoms with van der Waals surface area (Å²) in [6.07, 6.45) is 0.904. The van der Waals surface area contributed by atoms with Crippen molar-refractivity contribution in [3.8, 4) is 5.75 Å². The maximum Gasteiger partial charge on any atom is 0.303 e. The van der Waals surface area contributed by atoms with Crippen LogP contribution in [-0.2, 0) is 9.59 Å². The van der Waals surface area contributed by atoms with Crippen LogP contribution in [0.3, 0.4) is 0 Å². The van der Waals surface area contributed by atoms with Gasteiger partial charge >= 0.3 is 5.97 Å². The number of amides is 1. The van der Waals surface area contributed by atoms with Crippen LogP contribution in [0.5, 0.6) is 5.75 Å². The fourth-order valence-electron chi connectivity index (χ4n) is 1.77. The molecule has 1 unspecified atom stereocenters. The second-order valence-corrected chi connectivity index (χ2v) is 4.93. The molecule has 5 nitrogen and oxygen atoms in total. The zero-order chi connectivity index (χ0) is 16.5. The van der Waals surface area contributed by atoms with E-state index in [0.29, 0.717) is 12.8 Å². The average molecular weight is 315 g/mol. The van der Waals surface area contributed by atoms with Crippen molar-refractivity contribution >= 4 is 11.9 Å². The third-order valence-corrected chi connectivity index (χ3v) is 2.90. The van der Waals surface area contributed by atoms with E-state index in [1.54, 1.807) is 6.92 Å². The van der Waals surface area contributed by atoms with E-state index in [2.05, 4.69) is 5.32 Å². The monoisotopic (exact) mass is 315 g/mol. The van der Waals surface area contributed by atoms with E-state index < -0.39 is 17.6 Å². The van der Waals surface area contributed by atoms with Crippen molar-refractivity contribution in [1.82, 2.24) is 5.32 Å². The molecule has 1 amide bonds. The number of aliphatic carboxylic acids is 1. The lowest BCUT2D eigenvalue weighted by Gasteiger charge is -2.13. The summed E-state index contributed by atoms with van der Waals surface area (Å²) in [6, 6.07) is 2.79. The molecule has 1 atom stereocenters. The van der Waals surface area contributed by atoms with Crippen LogP contribution < -0.4 is 10.1 Å². The fraction of sp³-hybridized carbons (Fsp3) is 0.467. The standard InChI is InChI=1S/C15H19F2NO4/c1-10(4-7-15(20)21)18-14(19)3-2-8-22-13-6-5-11(16)9-12(13)17/h5-6,9-10H,2-4,7-8H2,1H3,(H,18,19)(H,20,21). The predicted octanol–water partition coefficient (Wildman–Crippen LogP) is 2.49. The molecule has 0 heterocycles. The van der Waals surface area contributed by atoms with Gasteiger partial charge in [0.1, 0.15) is 5.82 Å². The van der Waals surface area contributed by atoms with Gasteiger partial charge < -0.3 is 15.2 Å². The van der Waals surface area contributed by atoms with Gasteiger partial charge in [0.25, 0.3) is 0 Å². The zero-order valence-corrected chi connectivity index (χ0v) is 12.3. The van der Waals surface area contributed by atoms with Crippen LogP contribution in [-0.4, -0.2) is 29.6 Å². The minimum absolute atomic E-state index is 0.00555. The van der Waals surface area contributed by atoms with Gasteiger partial charge in [-0.15, -0.1) is 0 Å². The first-order chi connectivity index (χ1) is 10.4.